The number of rotatable bonds is 6. The lowest BCUT2D eigenvalue weighted by Crippen LogP contribution is -2.17. The summed E-state index contributed by atoms with van der Waals surface area (Å²) in [6.45, 7) is 1.58. The highest BCUT2D eigenvalue weighted by Crippen LogP contribution is 2.29. The average molecular weight is 453 g/mol. The molecule has 0 bridgehead atoms. The Hall–Kier alpha value is -2.61. The zero-order valence-electron chi connectivity index (χ0n) is 16.8. The van der Waals surface area contributed by atoms with Gasteiger partial charge in [-0.05, 0) is 30.5 Å². The van der Waals surface area contributed by atoms with Crippen LogP contribution in [0, 0.1) is 0 Å². The summed E-state index contributed by atoms with van der Waals surface area (Å²) in [6.07, 6.45) is 5.85. The van der Waals surface area contributed by atoms with Crippen LogP contribution < -0.4 is 5.56 Å². The maximum atomic E-state index is 12.5. The fourth-order valence-corrected chi connectivity index (χ4v) is 4.86. The highest BCUT2D eigenvalue weighted by Gasteiger charge is 2.21. The van der Waals surface area contributed by atoms with Gasteiger partial charge in [-0.1, -0.05) is 53.7 Å². The molecule has 8 heteroatoms. The summed E-state index contributed by atoms with van der Waals surface area (Å²) in [5.41, 5.74) is 3.35. The normalized spacial score (nSPS) is 16.2. The van der Waals surface area contributed by atoms with Gasteiger partial charge in [0.1, 0.15) is 5.65 Å². The molecule has 1 aromatic carbocycles. The largest absolute Gasteiger partial charge is 0.376 e. The Bertz CT molecular complexity index is 1270. The molecule has 1 saturated heterocycles. The Balaban J connectivity index is 1.43. The number of benzene rings is 1. The van der Waals surface area contributed by atoms with Crippen LogP contribution >= 0.6 is 23.4 Å². The number of fused-ring (bicyclic) bond motifs is 1. The minimum Gasteiger partial charge on any atom is -0.376 e. The Morgan fingerprint density at radius 1 is 1.19 bits per heavy atom. The molecule has 4 heterocycles. The molecule has 0 spiro atoms. The van der Waals surface area contributed by atoms with Gasteiger partial charge in [0.2, 0.25) is 0 Å². The summed E-state index contributed by atoms with van der Waals surface area (Å²) in [7, 11) is 0. The first kappa shape index (κ1) is 20.3. The monoisotopic (exact) mass is 452 g/mol. The Morgan fingerprint density at radius 3 is 2.87 bits per heavy atom. The van der Waals surface area contributed by atoms with E-state index in [4.69, 9.17) is 16.3 Å². The van der Waals surface area contributed by atoms with Crippen LogP contribution in [0.2, 0.25) is 5.02 Å². The Morgan fingerprint density at radius 2 is 2.06 bits per heavy atom. The molecule has 1 atom stereocenters. The fourth-order valence-electron chi connectivity index (χ4n) is 3.82. The average Bonchev–Trinajstić information content (AvgIpc) is 3.44. The maximum Gasteiger partial charge on any atom is 0.258 e. The number of ether oxygens (including phenoxy) is 1. The van der Waals surface area contributed by atoms with E-state index in [1.165, 1.54) is 4.40 Å². The van der Waals surface area contributed by atoms with Gasteiger partial charge in [-0.3, -0.25) is 9.20 Å². The molecule has 0 radical (unpaired) electrons. The van der Waals surface area contributed by atoms with Gasteiger partial charge in [0.25, 0.3) is 5.56 Å². The minimum absolute atomic E-state index is 0.143. The van der Waals surface area contributed by atoms with E-state index >= 15 is 0 Å². The van der Waals surface area contributed by atoms with Crippen LogP contribution in [-0.4, -0.2) is 31.6 Å². The van der Waals surface area contributed by atoms with E-state index in [9.17, 15) is 4.79 Å². The molecule has 1 unspecified atom stereocenters. The van der Waals surface area contributed by atoms with E-state index in [1.807, 2.05) is 24.4 Å². The minimum atomic E-state index is -0.143. The van der Waals surface area contributed by atoms with Crippen molar-refractivity contribution in [2.45, 2.75) is 36.4 Å². The SMILES string of the molecule is O=c1cc(CSc2ncc(-c3ccccc3)n2CC2CCCO2)nc2ccc(Cl)cn12. The lowest BCUT2D eigenvalue weighted by atomic mass is 10.1. The first-order chi connectivity index (χ1) is 15.2. The standard InChI is InChI=1S/C23H21ClN4O2S/c24-17-8-9-21-26-18(11-22(29)28(21)13-17)15-31-23-25-12-20(16-5-2-1-3-6-16)27(23)14-19-7-4-10-30-19/h1-3,5-6,8-9,11-13,19H,4,7,10,14-15H2. The van der Waals surface area contributed by atoms with Crippen molar-refractivity contribution in [2.24, 2.45) is 0 Å². The number of imidazole rings is 1. The Kier molecular flexibility index (Phi) is 5.80. The van der Waals surface area contributed by atoms with Gasteiger partial charge in [-0.25, -0.2) is 9.97 Å². The van der Waals surface area contributed by atoms with Crippen molar-refractivity contribution in [3.8, 4) is 11.3 Å². The lowest BCUT2D eigenvalue weighted by Gasteiger charge is -2.16. The molecule has 1 aliphatic heterocycles. The van der Waals surface area contributed by atoms with Gasteiger partial charge in [-0.2, -0.15) is 0 Å². The van der Waals surface area contributed by atoms with Gasteiger partial charge >= 0.3 is 0 Å². The number of halogens is 1. The van der Waals surface area contributed by atoms with Crippen LogP contribution in [0.15, 0.2) is 70.9 Å². The second-order valence-corrected chi connectivity index (χ2v) is 8.87. The van der Waals surface area contributed by atoms with Gasteiger partial charge < -0.3 is 9.30 Å². The van der Waals surface area contributed by atoms with E-state index < -0.39 is 0 Å². The van der Waals surface area contributed by atoms with Crippen LogP contribution in [0.4, 0.5) is 0 Å². The van der Waals surface area contributed by atoms with Crippen molar-refractivity contribution in [3.63, 3.8) is 0 Å². The number of nitrogens with zero attached hydrogens (tertiary/aromatic N) is 4. The van der Waals surface area contributed by atoms with Crippen LogP contribution in [-0.2, 0) is 17.0 Å². The molecule has 0 N–H and O–H groups in total. The van der Waals surface area contributed by atoms with E-state index in [-0.39, 0.29) is 11.7 Å². The zero-order chi connectivity index (χ0) is 21.2. The molecule has 4 aromatic rings. The lowest BCUT2D eigenvalue weighted by molar-refractivity contribution is 0.0954. The summed E-state index contributed by atoms with van der Waals surface area (Å²) in [5.74, 6) is 0.547. The predicted octanol–water partition coefficient (Wildman–Crippen LogP) is 4.68. The second-order valence-electron chi connectivity index (χ2n) is 7.49. The quantitative estimate of drug-likeness (QED) is 0.397. The van der Waals surface area contributed by atoms with Gasteiger partial charge in [0.05, 0.1) is 35.3 Å². The molecular weight excluding hydrogens is 432 g/mol. The highest BCUT2D eigenvalue weighted by atomic mass is 35.5. The number of thioether (sulfide) groups is 1. The number of pyridine rings is 1. The van der Waals surface area contributed by atoms with E-state index in [0.29, 0.717) is 22.1 Å². The van der Waals surface area contributed by atoms with E-state index in [2.05, 4.69) is 26.7 Å². The zero-order valence-corrected chi connectivity index (χ0v) is 18.4. The molecule has 3 aromatic heterocycles. The van der Waals surface area contributed by atoms with Crippen LogP contribution in [0.25, 0.3) is 16.9 Å². The van der Waals surface area contributed by atoms with Crippen LogP contribution in [0.3, 0.4) is 0 Å². The maximum absolute atomic E-state index is 12.5. The number of aromatic nitrogens is 4. The summed E-state index contributed by atoms with van der Waals surface area (Å²) in [5, 5.41) is 1.40. The van der Waals surface area contributed by atoms with Crippen molar-refractivity contribution in [2.75, 3.05) is 6.61 Å². The molecule has 31 heavy (non-hydrogen) atoms. The van der Waals surface area contributed by atoms with Crippen LogP contribution in [0.1, 0.15) is 18.5 Å². The first-order valence-electron chi connectivity index (χ1n) is 10.2. The third kappa shape index (κ3) is 4.39. The number of hydrogen-bond acceptors (Lipinski definition) is 5. The number of hydrogen-bond donors (Lipinski definition) is 0. The second kappa shape index (κ2) is 8.86. The van der Waals surface area contributed by atoms with Gasteiger partial charge in [0, 0.05) is 24.6 Å². The molecular formula is C23H21ClN4O2S. The Labute approximate surface area is 188 Å². The fraction of sp³-hybridized carbons (Fsp3) is 0.261. The van der Waals surface area contributed by atoms with Crippen molar-refractivity contribution < 1.29 is 4.74 Å². The predicted molar refractivity (Wildman–Crippen MR) is 123 cm³/mol. The molecule has 5 rings (SSSR count). The van der Waals surface area contributed by atoms with Gasteiger partial charge in [0.15, 0.2) is 5.16 Å². The van der Waals surface area contributed by atoms with Crippen LogP contribution in [0.5, 0.6) is 0 Å². The summed E-state index contributed by atoms with van der Waals surface area (Å²) in [6, 6.07) is 15.3. The van der Waals surface area contributed by atoms with Crippen molar-refractivity contribution >= 4 is 29.0 Å². The van der Waals surface area contributed by atoms with Crippen molar-refractivity contribution in [1.29, 1.82) is 0 Å². The smallest absolute Gasteiger partial charge is 0.258 e. The molecule has 1 aliphatic rings. The van der Waals surface area contributed by atoms with E-state index in [1.54, 1.807) is 36.2 Å². The summed E-state index contributed by atoms with van der Waals surface area (Å²) in [4.78, 5) is 21.8. The van der Waals surface area contributed by atoms with E-state index in [0.717, 1.165) is 42.4 Å². The first-order valence-corrected chi connectivity index (χ1v) is 11.6. The molecule has 0 aliphatic carbocycles. The molecule has 0 amide bonds. The van der Waals surface area contributed by atoms with Crippen molar-refractivity contribution in [3.05, 3.63) is 82.0 Å². The molecule has 158 valence electrons. The molecule has 6 nitrogen and oxygen atoms in total. The summed E-state index contributed by atoms with van der Waals surface area (Å²) >= 11 is 7.58. The highest BCUT2D eigenvalue weighted by molar-refractivity contribution is 7.98. The topological polar surface area (TPSA) is 61.4 Å². The van der Waals surface area contributed by atoms with Gasteiger partial charge in [-0.15, -0.1) is 0 Å². The third-order valence-electron chi connectivity index (χ3n) is 5.32. The van der Waals surface area contributed by atoms with Crippen molar-refractivity contribution in [1.82, 2.24) is 18.9 Å². The summed E-state index contributed by atoms with van der Waals surface area (Å²) < 4.78 is 9.57. The molecule has 1 fully saturated rings. The molecule has 0 saturated carbocycles. The third-order valence-corrected chi connectivity index (χ3v) is 6.57.